The molecule has 1 heterocycles. The van der Waals surface area contributed by atoms with Crippen molar-refractivity contribution in [2.24, 2.45) is 5.41 Å². The molecule has 0 bridgehead atoms. The van der Waals surface area contributed by atoms with Crippen LogP contribution in [-0.2, 0) is 4.74 Å². The molecular formula is C14H28N2O2. The largest absolute Gasteiger partial charge is 0.396 e. The minimum absolute atomic E-state index is 0.291. The van der Waals surface area contributed by atoms with Crippen LogP contribution in [0.5, 0.6) is 0 Å². The van der Waals surface area contributed by atoms with Crippen molar-refractivity contribution in [2.45, 2.75) is 38.1 Å². The molecule has 2 fully saturated rings. The van der Waals surface area contributed by atoms with Gasteiger partial charge in [-0.05, 0) is 32.7 Å². The molecule has 0 aromatic carbocycles. The van der Waals surface area contributed by atoms with Crippen LogP contribution in [0, 0.1) is 5.41 Å². The third-order valence-corrected chi connectivity index (χ3v) is 4.47. The normalized spacial score (nSPS) is 28.8. The predicted molar refractivity (Wildman–Crippen MR) is 72.7 cm³/mol. The molecule has 4 heteroatoms. The smallest absolute Gasteiger partial charge is 0.0547 e. The van der Waals surface area contributed by atoms with Crippen molar-refractivity contribution in [3.63, 3.8) is 0 Å². The second-order valence-corrected chi connectivity index (χ2v) is 5.97. The van der Waals surface area contributed by atoms with Gasteiger partial charge in [0.1, 0.15) is 0 Å². The van der Waals surface area contributed by atoms with Gasteiger partial charge in [-0.2, -0.15) is 0 Å². The van der Waals surface area contributed by atoms with Crippen molar-refractivity contribution < 1.29 is 9.84 Å². The lowest BCUT2D eigenvalue weighted by Gasteiger charge is -2.42. The molecule has 2 rings (SSSR count). The van der Waals surface area contributed by atoms with Crippen LogP contribution in [0.15, 0.2) is 0 Å². The van der Waals surface area contributed by atoms with Gasteiger partial charge in [0.05, 0.1) is 6.61 Å². The van der Waals surface area contributed by atoms with Gasteiger partial charge in [0.2, 0.25) is 0 Å². The number of rotatable bonds is 8. The first kappa shape index (κ1) is 14.3. The average Bonchev–Trinajstić information content (AvgIpc) is 2.72. The molecule has 0 spiro atoms. The minimum atomic E-state index is 0.291. The lowest BCUT2D eigenvalue weighted by Crippen LogP contribution is -2.50. The van der Waals surface area contributed by atoms with Crippen LogP contribution >= 0.6 is 0 Å². The van der Waals surface area contributed by atoms with E-state index in [2.05, 4.69) is 10.2 Å². The van der Waals surface area contributed by atoms with Crippen molar-refractivity contribution in [2.75, 3.05) is 46.5 Å². The van der Waals surface area contributed by atoms with E-state index in [0.717, 1.165) is 51.7 Å². The van der Waals surface area contributed by atoms with Crippen molar-refractivity contribution in [1.82, 2.24) is 10.2 Å². The molecule has 1 aliphatic heterocycles. The molecule has 1 atom stereocenters. The molecule has 0 amide bonds. The molecule has 0 radical (unpaired) electrons. The zero-order chi connectivity index (χ0) is 12.8. The second-order valence-electron chi connectivity index (χ2n) is 5.97. The summed E-state index contributed by atoms with van der Waals surface area (Å²) in [4.78, 5) is 2.60. The third kappa shape index (κ3) is 3.44. The summed E-state index contributed by atoms with van der Waals surface area (Å²) in [6, 6.07) is 0.755. The molecule has 1 saturated heterocycles. The van der Waals surface area contributed by atoms with Crippen LogP contribution in [-0.4, -0.2) is 62.6 Å². The summed E-state index contributed by atoms with van der Waals surface area (Å²) in [5.41, 5.74) is 0.291. The van der Waals surface area contributed by atoms with Gasteiger partial charge in [0.15, 0.2) is 0 Å². The van der Waals surface area contributed by atoms with Crippen LogP contribution in [0.25, 0.3) is 0 Å². The Labute approximate surface area is 111 Å². The minimum Gasteiger partial charge on any atom is -0.396 e. The van der Waals surface area contributed by atoms with Crippen LogP contribution in [0.1, 0.15) is 32.1 Å². The fourth-order valence-corrected chi connectivity index (χ4v) is 3.19. The van der Waals surface area contributed by atoms with E-state index >= 15 is 0 Å². The molecule has 106 valence electrons. The van der Waals surface area contributed by atoms with E-state index in [4.69, 9.17) is 9.84 Å². The monoisotopic (exact) mass is 256 g/mol. The molecule has 0 aromatic heterocycles. The zero-order valence-electron chi connectivity index (χ0n) is 11.7. The zero-order valence-corrected chi connectivity index (χ0v) is 11.7. The van der Waals surface area contributed by atoms with Crippen molar-refractivity contribution in [3.05, 3.63) is 0 Å². The molecule has 2 N–H and O–H groups in total. The van der Waals surface area contributed by atoms with E-state index < -0.39 is 0 Å². The first-order chi connectivity index (χ1) is 8.79. The maximum atomic E-state index is 9.05. The van der Waals surface area contributed by atoms with Crippen LogP contribution in [0.2, 0.25) is 0 Å². The van der Waals surface area contributed by atoms with E-state index in [-0.39, 0.29) is 0 Å². The molecule has 2 aliphatic rings. The molecule has 1 unspecified atom stereocenters. The van der Waals surface area contributed by atoms with Gasteiger partial charge >= 0.3 is 0 Å². The Balaban J connectivity index is 1.91. The molecule has 1 aliphatic carbocycles. The third-order valence-electron chi connectivity index (χ3n) is 4.47. The molecule has 1 saturated carbocycles. The lowest BCUT2D eigenvalue weighted by molar-refractivity contribution is 0.0531. The number of aliphatic hydroxyl groups is 1. The summed E-state index contributed by atoms with van der Waals surface area (Å²) in [5.74, 6) is 0. The van der Waals surface area contributed by atoms with Gasteiger partial charge < -0.3 is 15.2 Å². The summed E-state index contributed by atoms with van der Waals surface area (Å²) in [5, 5.41) is 12.4. The van der Waals surface area contributed by atoms with Crippen LogP contribution in [0.4, 0.5) is 0 Å². The maximum Gasteiger partial charge on any atom is 0.0547 e. The fraction of sp³-hybridized carbons (Fsp3) is 1.00. The van der Waals surface area contributed by atoms with E-state index in [1.165, 1.54) is 19.3 Å². The topological polar surface area (TPSA) is 44.7 Å². The summed E-state index contributed by atoms with van der Waals surface area (Å²) in [6.45, 7) is 5.29. The van der Waals surface area contributed by atoms with E-state index in [1.54, 1.807) is 0 Å². The van der Waals surface area contributed by atoms with Gasteiger partial charge in [-0.3, -0.25) is 4.90 Å². The Morgan fingerprint density at radius 1 is 1.44 bits per heavy atom. The number of hydrogen-bond acceptors (Lipinski definition) is 4. The Kier molecular flexibility index (Phi) is 5.42. The highest BCUT2D eigenvalue weighted by molar-refractivity contribution is 4.91. The summed E-state index contributed by atoms with van der Waals surface area (Å²) in [6.07, 6.45) is 6.10. The van der Waals surface area contributed by atoms with Gasteiger partial charge in [0.25, 0.3) is 0 Å². The Bertz CT molecular complexity index is 238. The molecule has 4 nitrogen and oxygen atoms in total. The maximum absolute atomic E-state index is 9.05. The quantitative estimate of drug-likeness (QED) is 0.676. The van der Waals surface area contributed by atoms with Crippen LogP contribution in [0.3, 0.4) is 0 Å². The fourth-order valence-electron chi connectivity index (χ4n) is 3.19. The van der Waals surface area contributed by atoms with E-state index in [9.17, 15) is 0 Å². The van der Waals surface area contributed by atoms with Crippen LogP contribution < -0.4 is 5.32 Å². The average molecular weight is 256 g/mol. The highest BCUT2D eigenvalue weighted by atomic mass is 16.5. The van der Waals surface area contributed by atoms with Gasteiger partial charge in [-0.15, -0.1) is 0 Å². The number of ether oxygens (including phenoxy) is 1. The first-order valence-electron chi connectivity index (χ1n) is 7.37. The standard InChI is InChI=1S/C14H28N2O2/c1-15-10-14(6-9-18-12-14)11-16(7-3-8-17)13-4-2-5-13/h13,15,17H,2-12H2,1H3. The van der Waals surface area contributed by atoms with Gasteiger partial charge in [-0.25, -0.2) is 0 Å². The van der Waals surface area contributed by atoms with E-state index in [1.807, 2.05) is 7.05 Å². The highest BCUT2D eigenvalue weighted by Gasteiger charge is 2.38. The Hall–Kier alpha value is -0.160. The Morgan fingerprint density at radius 3 is 2.78 bits per heavy atom. The van der Waals surface area contributed by atoms with Gasteiger partial charge in [0, 0.05) is 44.3 Å². The number of nitrogens with zero attached hydrogens (tertiary/aromatic N) is 1. The van der Waals surface area contributed by atoms with E-state index in [0.29, 0.717) is 12.0 Å². The summed E-state index contributed by atoms with van der Waals surface area (Å²) < 4.78 is 5.63. The lowest BCUT2D eigenvalue weighted by atomic mass is 9.83. The molecule has 18 heavy (non-hydrogen) atoms. The highest BCUT2D eigenvalue weighted by Crippen LogP contribution is 2.33. The second kappa shape index (κ2) is 6.85. The van der Waals surface area contributed by atoms with Gasteiger partial charge in [-0.1, -0.05) is 6.42 Å². The molecule has 0 aromatic rings. The first-order valence-corrected chi connectivity index (χ1v) is 7.37. The number of aliphatic hydroxyl groups excluding tert-OH is 1. The molecular weight excluding hydrogens is 228 g/mol. The number of hydrogen-bond donors (Lipinski definition) is 2. The SMILES string of the molecule is CNCC1(CN(CCCO)C2CCC2)CCOC1. The number of nitrogens with one attached hydrogen (secondary N) is 1. The van der Waals surface area contributed by atoms with Crippen molar-refractivity contribution in [1.29, 1.82) is 0 Å². The van der Waals surface area contributed by atoms with Crippen molar-refractivity contribution >= 4 is 0 Å². The predicted octanol–water partition coefficient (Wildman–Crippen LogP) is 0.849. The van der Waals surface area contributed by atoms with Crippen molar-refractivity contribution in [3.8, 4) is 0 Å². The summed E-state index contributed by atoms with van der Waals surface area (Å²) >= 11 is 0. The Morgan fingerprint density at radius 2 is 2.28 bits per heavy atom. The summed E-state index contributed by atoms with van der Waals surface area (Å²) in [7, 11) is 2.03.